The minimum atomic E-state index is -0.216. The second kappa shape index (κ2) is 9.39. The molecule has 8 heteroatoms. The van der Waals surface area contributed by atoms with Crippen LogP contribution < -0.4 is 5.32 Å². The summed E-state index contributed by atoms with van der Waals surface area (Å²) in [7, 11) is 0. The lowest BCUT2D eigenvalue weighted by atomic mass is 10.1. The molecule has 0 aliphatic carbocycles. The highest BCUT2D eigenvalue weighted by Gasteiger charge is 2.30. The molecular weight excluding hydrogens is 374 g/mol. The number of carbonyl (C=O) groups is 3. The minimum absolute atomic E-state index is 0. The van der Waals surface area contributed by atoms with Crippen molar-refractivity contribution in [1.29, 1.82) is 0 Å². The molecule has 0 bridgehead atoms. The Hall–Kier alpha value is -1.57. The van der Waals surface area contributed by atoms with Gasteiger partial charge in [-0.15, -0.1) is 12.4 Å². The molecule has 2 heterocycles. The number of carbonyl (C=O) groups excluding carboxylic acids is 3. The highest BCUT2D eigenvalue weighted by molar-refractivity contribution is 8.14. The van der Waals surface area contributed by atoms with Gasteiger partial charge >= 0.3 is 0 Å². The molecule has 0 radical (unpaired) electrons. The molecule has 2 fully saturated rings. The van der Waals surface area contributed by atoms with Crippen LogP contribution in [-0.4, -0.2) is 58.3 Å². The Labute approximate surface area is 164 Å². The number of amides is 3. The fraction of sp³-hybridized carbons (Fsp3) is 0.500. The lowest BCUT2D eigenvalue weighted by Gasteiger charge is -2.28. The molecule has 1 aromatic carbocycles. The zero-order chi connectivity index (χ0) is 17.8. The molecule has 2 aliphatic heterocycles. The summed E-state index contributed by atoms with van der Waals surface area (Å²) < 4.78 is 0. The summed E-state index contributed by atoms with van der Waals surface area (Å²) in [6.07, 6.45) is 1.88. The molecule has 0 aromatic heterocycles. The maximum Gasteiger partial charge on any atom is 0.289 e. The number of halogens is 1. The zero-order valence-electron chi connectivity index (χ0n) is 14.8. The Kier molecular flexibility index (Phi) is 7.49. The summed E-state index contributed by atoms with van der Waals surface area (Å²) in [4.78, 5) is 39.7. The van der Waals surface area contributed by atoms with E-state index >= 15 is 0 Å². The molecule has 2 aliphatic rings. The van der Waals surface area contributed by atoms with Gasteiger partial charge in [-0.05, 0) is 37.1 Å². The van der Waals surface area contributed by atoms with Crippen LogP contribution in [0.1, 0.15) is 35.7 Å². The van der Waals surface area contributed by atoms with Crippen LogP contribution in [0.2, 0.25) is 0 Å². The molecule has 1 unspecified atom stereocenters. The number of nitrogens with zero attached hydrogens (tertiary/aromatic N) is 2. The Morgan fingerprint density at radius 1 is 1.38 bits per heavy atom. The lowest BCUT2D eigenvalue weighted by molar-refractivity contribution is -0.125. The van der Waals surface area contributed by atoms with Crippen molar-refractivity contribution in [3.05, 3.63) is 35.4 Å². The van der Waals surface area contributed by atoms with Crippen LogP contribution >= 0.6 is 24.2 Å². The van der Waals surface area contributed by atoms with Gasteiger partial charge in [-0.1, -0.05) is 30.8 Å². The molecule has 3 rings (SSSR count). The van der Waals surface area contributed by atoms with Gasteiger partial charge in [0.05, 0.1) is 12.3 Å². The molecule has 0 saturated carbocycles. The van der Waals surface area contributed by atoms with Gasteiger partial charge < -0.3 is 10.2 Å². The minimum Gasteiger partial charge on any atom is -0.334 e. The molecule has 1 atom stereocenters. The summed E-state index contributed by atoms with van der Waals surface area (Å²) in [5.74, 6) is 0.0541. The van der Waals surface area contributed by atoms with Crippen LogP contribution in [0.4, 0.5) is 4.79 Å². The molecule has 6 nitrogen and oxygen atoms in total. The van der Waals surface area contributed by atoms with Crippen molar-refractivity contribution in [2.24, 2.45) is 0 Å². The van der Waals surface area contributed by atoms with Gasteiger partial charge in [-0.25, -0.2) is 0 Å². The number of hydrogen-bond acceptors (Lipinski definition) is 5. The number of rotatable bonds is 6. The molecule has 3 amide bonds. The van der Waals surface area contributed by atoms with E-state index in [1.165, 1.54) is 4.90 Å². The number of imide groups is 1. The number of nitrogens with one attached hydrogen (secondary N) is 1. The van der Waals surface area contributed by atoms with E-state index in [1.54, 1.807) is 12.1 Å². The second-order valence-electron chi connectivity index (χ2n) is 6.38. The molecule has 26 heavy (non-hydrogen) atoms. The predicted molar refractivity (Wildman–Crippen MR) is 105 cm³/mol. The van der Waals surface area contributed by atoms with E-state index in [0.29, 0.717) is 5.56 Å². The highest BCUT2D eigenvalue weighted by Crippen LogP contribution is 2.22. The summed E-state index contributed by atoms with van der Waals surface area (Å²) in [5.41, 5.74) is 1.42. The van der Waals surface area contributed by atoms with Crippen molar-refractivity contribution < 1.29 is 14.4 Å². The summed E-state index contributed by atoms with van der Waals surface area (Å²) >= 11 is 1.03. The topological polar surface area (TPSA) is 69.7 Å². The van der Waals surface area contributed by atoms with Crippen molar-refractivity contribution in [1.82, 2.24) is 15.1 Å². The molecule has 142 valence electrons. The van der Waals surface area contributed by atoms with Gasteiger partial charge in [0.25, 0.3) is 11.1 Å². The first kappa shape index (κ1) is 20.7. The summed E-state index contributed by atoms with van der Waals surface area (Å²) in [6.45, 7) is 4.80. The van der Waals surface area contributed by atoms with Crippen molar-refractivity contribution in [2.75, 3.05) is 25.4 Å². The average molecular weight is 398 g/mol. The SMILES string of the molecule is CCCN(C(=O)c1cccc(CN2C(=O)CSC2=O)c1)C1CCNC1.Cl. The van der Waals surface area contributed by atoms with Crippen LogP contribution in [-0.2, 0) is 11.3 Å². The summed E-state index contributed by atoms with van der Waals surface area (Å²) in [5, 5.41) is 3.09. The number of thioether (sulfide) groups is 1. The lowest BCUT2D eigenvalue weighted by Crippen LogP contribution is -2.42. The van der Waals surface area contributed by atoms with Crippen LogP contribution in [0.5, 0.6) is 0 Å². The maximum atomic E-state index is 13.0. The molecule has 2 saturated heterocycles. The van der Waals surface area contributed by atoms with E-state index in [4.69, 9.17) is 0 Å². The van der Waals surface area contributed by atoms with E-state index in [-0.39, 0.29) is 47.8 Å². The van der Waals surface area contributed by atoms with E-state index in [9.17, 15) is 14.4 Å². The van der Waals surface area contributed by atoms with Crippen molar-refractivity contribution in [3.63, 3.8) is 0 Å². The molecular formula is C18H24ClN3O3S. The largest absolute Gasteiger partial charge is 0.334 e. The molecule has 1 aromatic rings. The van der Waals surface area contributed by atoms with Gasteiger partial charge in [0.2, 0.25) is 5.91 Å². The average Bonchev–Trinajstić information content (AvgIpc) is 3.25. The van der Waals surface area contributed by atoms with Crippen molar-refractivity contribution >= 4 is 41.2 Å². The Bertz CT molecular complexity index is 663. The standard InChI is InChI=1S/C18H23N3O3S.ClH/c1-2-8-20(15-6-7-19-10-15)17(23)14-5-3-4-13(9-14)11-21-16(22)12-25-18(21)24;/h3-5,9,15,19H,2,6-8,10-12H2,1H3;1H. The molecule has 0 spiro atoms. The monoisotopic (exact) mass is 397 g/mol. The summed E-state index contributed by atoms with van der Waals surface area (Å²) in [6, 6.07) is 7.50. The van der Waals surface area contributed by atoms with Crippen LogP contribution in [0.15, 0.2) is 24.3 Å². The van der Waals surface area contributed by atoms with E-state index in [0.717, 1.165) is 49.8 Å². The smallest absolute Gasteiger partial charge is 0.289 e. The van der Waals surface area contributed by atoms with Crippen LogP contribution in [0.25, 0.3) is 0 Å². The third-order valence-corrected chi connectivity index (χ3v) is 5.41. The predicted octanol–water partition coefficient (Wildman–Crippen LogP) is 2.52. The van der Waals surface area contributed by atoms with Crippen molar-refractivity contribution in [2.45, 2.75) is 32.4 Å². The van der Waals surface area contributed by atoms with Crippen molar-refractivity contribution in [3.8, 4) is 0 Å². The third kappa shape index (κ3) is 4.58. The Morgan fingerprint density at radius 2 is 2.19 bits per heavy atom. The van der Waals surface area contributed by atoms with Gasteiger partial charge in [0.1, 0.15) is 0 Å². The van der Waals surface area contributed by atoms with Gasteiger partial charge in [-0.3, -0.25) is 19.3 Å². The van der Waals surface area contributed by atoms with Gasteiger partial charge in [0.15, 0.2) is 0 Å². The number of benzene rings is 1. The highest BCUT2D eigenvalue weighted by atomic mass is 35.5. The maximum absolute atomic E-state index is 13.0. The Balaban J connectivity index is 0.00000243. The van der Waals surface area contributed by atoms with Crippen LogP contribution in [0.3, 0.4) is 0 Å². The first-order chi connectivity index (χ1) is 12.1. The zero-order valence-corrected chi connectivity index (χ0v) is 16.4. The second-order valence-corrected chi connectivity index (χ2v) is 7.31. The van der Waals surface area contributed by atoms with Crippen LogP contribution in [0, 0.1) is 0 Å². The fourth-order valence-electron chi connectivity index (χ4n) is 3.28. The molecule has 1 N–H and O–H groups in total. The van der Waals surface area contributed by atoms with Gasteiger partial charge in [0, 0.05) is 24.7 Å². The third-order valence-electron chi connectivity index (χ3n) is 4.56. The normalized spacial score (nSPS) is 19.6. The van der Waals surface area contributed by atoms with Gasteiger partial charge in [-0.2, -0.15) is 0 Å². The Morgan fingerprint density at radius 3 is 2.81 bits per heavy atom. The first-order valence-corrected chi connectivity index (χ1v) is 9.66. The van der Waals surface area contributed by atoms with E-state index in [1.807, 2.05) is 17.0 Å². The van der Waals surface area contributed by atoms with E-state index in [2.05, 4.69) is 12.2 Å². The number of hydrogen-bond donors (Lipinski definition) is 1. The quantitative estimate of drug-likeness (QED) is 0.798. The first-order valence-electron chi connectivity index (χ1n) is 8.68. The van der Waals surface area contributed by atoms with E-state index < -0.39 is 0 Å². The fourth-order valence-corrected chi connectivity index (χ4v) is 4.01.